The molecule has 2 rings (SSSR count). The van der Waals surface area contributed by atoms with Gasteiger partial charge in [0.15, 0.2) is 0 Å². The van der Waals surface area contributed by atoms with E-state index in [1.807, 2.05) is 38.1 Å². The molecule has 1 aromatic carbocycles. The molecule has 0 saturated carbocycles. The Kier molecular flexibility index (Phi) is 4.65. The van der Waals surface area contributed by atoms with Gasteiger partial charge in [-0.3, -0.25) is 9.78 Å². The molecule has 7 heteroatoms. The molecule has 0 unspecified atom stereocenters. The molecule has 2 N–H and O–H groups in total. The van der Waals surface area contributed by atoms with Crippen LogP contribution in [0.1, 0.15) is 25.1 Å². The standard InChI is InChI=1S/C14H17N5O2/c1-9(2)21-12-6-4-5-11(7-12)8-15-18-14-16-13(20)10(3)17-19-14/h4-9H,1-3H3,(H2,16,18,19,20)/b15-8+. The van der Waals surface area contributed by atoms with E-state index in [2.05, 4.69) is 25.7 Å². The van der Waals surface area contributed by atoms with Crippen LogP contribution in [-0.4, -0.2) is 27.5 Å². The zero-order valence-corrected chi connectivity index (χ0v) is 12.1. The summed E-state index contributed by atoms with van der Waals surface area (Å²) >= 11 is 0. The van der Waals surface area contributed by atoms with Crippen molar-refractivity contribution in [3.05, 3.63) is 45.9 Å². The van der Waals surface area contributed by atoms with Crippen LogP contribution in [0.3, 0.4) is 0 Å². The number of aryl methyl sites for hydroxylation is 1. The van der Waals surface area contributed by atoms with Crippen LogP contribution in [0, 0.1) is 6.92 Å². The van der Waals surface area contributed by atoms with Gasteiger partial charge >= 0.3 is 0 Å². The van der Waals surface area contributed by atoms with Crippen LogP contribution in [0.4, 0.5) is 5.95 Å². The molecule has 7 nitrogen and oxygen atoms in total. The van der Waals surface area contributed by atoms with Gasteiger partial charge in [-0.25, -0.2) is 5.43 Å². The molecule has 21 heavy (non-hydrogen) atoms. The Morgan fingerprint density at radius 1 is 1.38 bits per heavy atom. The zero-order chi connectivity index (χ0) is 15.2. The number of anilines is 1. The number of hydrazone groups is 1. The van der Waals surface area contributed by atoms with E-state index in [0.29, 0.717) is 5.69 Å². The molecular weight excluding hydrogens is 270 g/mol. The van der Waals surface area contributed by atoms with E-state index in [0.717, 1.165) is 11.3 Å². The van der Waals surface area contributed by atoms with Crippen molar-refractivity contribution in [1.82, 2.24) is 15.2 Å². The number of aromatic nitrogens is 3. The summed E-state index contributed by atoms with van der Waals surface area (Å²) in [7, 11) is 0. The lowest BCUT2D eigenvalue weighted by molar-refractivity contribution is 0.242. The molecular formula is C14H17N5O2. The van der Waals surface area contributed by atoms with E-state index >= 15 is 0 Å². The first-order chi connectivity index (χ1) is 10.0. The van der Waals surface area contributed by atoms with Crippen molar-refractivity contribution in [2.75, 3.05) is 5.43 Å². The summed E-state index contributed by atoms with van der Waals surface area (Å²) in [5, 5.41) is 11.5. The summed E-state index contributed by atoms with van der Waals surface area (Å²) in [6.07, 6.45) is 1.72. The number of hydrogen-bond donors (Lipinski definition) is 2. The minimum absolute atomic E-state index is 0.114. The minimum atomic E-state index is -0.296. The summed E-state index contributed by atoms with van der Waals surface area (Å²) in [6.45, 7) is 5.52. The topological polar surface area (TPSA) is 92.3 Å². The van der Waals surface area contributed by atoms with E-state index in [1.54, 1.807) is 13.1 Å². The molecule has 0 aliphatic carbocycles. The van der Waals surface area contributed by atoms with Gasteiger partial charge in [0.1, 0.15) is 11.4 Å². The Bertz CT molecular complexity index is 694. The largest absolute Gasteiger partial charge is 0.491 e. The molecule has 0 atom stereocenters. The number of ether oxygens (including phenoxy) is 1. The van der Waals surface area contributed by atoms with Crippen molar-refractivity contribution in [1.29, 1.82) is 0 Å². The molecule has 110 valence electrons. The third-order valence-electron chi connectivity index (χ3n) is 2.47. The van der Waals surface area contributed by atoms with Crippen molar-refractivity contribution in [2.24, 2.45) is 5.10 Å². The Morgan fingerprint density at radius 2 is 2.19 bits per heavy atom. The number of nitrogens with one attached hydrogen (secondary N) is 2. The van der Waals surface area contributed by atoms with Crippen LogP contribution in [0.25, 0.3) is 0 Å². The number of aromatic amines is 1. The first kappa shape index (κ1) is 14.7. The number of nitrogens with zero attached hydrogens (tertiary/aromatic N) is 3. The first-order valence-electron chi connectivity index (χ1n) is 6.54. The molecule has 2 aromatic rings. The molecule has 0 aliphatic heterocycles. The van der Waals surface area contributed by atoms with Gasteiger partial charge in [-0.2, -0.15) is 5.10 Å². The van der Waals surface area contributed by atoms with Crippen molar-refractivity contribution in [3.8, 4) is 5.75 Å². The van der Waals surface area contributed by atoms with Crippen molar-refractivity contribution >= 4 is 12.2 Å². The fourth-order valence-corrected chi connectivity index (χ4v) is 1.55. The quantitative estimate of drug-likeness (QED) is 0.645. The zero-order valence-electron chi connectivity index (χ0n) is 12.1. The maximum Gasteiger partial charge on any atom is 0.274 e. The molecule has 0 bridgehead atoms. The van der Waals surface area contributed by atoms with Gasteiger partial charge < -0.3 is 4.74 Å². The third-order valence-corrected chi connectivity index (χ3v) is 2.47. The predicted octanol–water partition coefficient (Wildman–Crippen LogP) is 1.71. The normalized spacial score (nSPS) is 11.0. The SMILES string of the molecule is Cc1nnc(N/N=C/c2cccc(OC(C)C)c2)[nH]c1=O. The molecule has 1 aromatic heterocycles. The maximum atomic E-state index is 11.4. The second-order valence-electron chi connectivity index (χ2n) is 4.70. The monoisotopic (exact) mass is 287 g/mol. The van der Waals surface area contributed by atoms with Gasteiger partial charge in [-0.05, 0) is 38.5 Å². The minimum Gasteiger partial charge on any atom is -0.491 e. The highest BCUT2D eigenvalue weighted by Gasteiger charge is 1.99. The number of H-pyrrole nitrogens is 1. The van der Waals surface area contributed by atoms with E-state index in [9.17, 15) is 4.79 Å². The highest BCUT2D eigenvalue weighted by Crippen LogP contribution is 2.13. The molecule has 0 fully saturated rings. The van der Waals surface area contributed by atoms with E-state index in [4.69, 9.17) is 4.74 Å². The second kappa shape index (κ2) is 6.65. The summed E-state index contributed by atoms with van der Waals surface area (Å²) in [5.74, 6) is 0.967. The van der Waals surface area contributed by atoms with E-state index in [1.165, 1.54) is 0 Å². The van der Waals surface area contributed by atoms with Crippen LogP contribution < -0.4 is 15.7 Å². The number of rotatable bonds is 5. The van der Waals surface area contributed by atoms with Crippen LogP contribution >= 0.6 is 0 Å². The molecule has 0 saturated heterocycles. The maximum absolute atomic E-state index is 11.4. The Balaban J connectivity index is 2.03. The van der Waals surface area contributed by atoms with Gasteiger partial charge in [0, 0.05) is 0 Å². The van der Waals surface area contributed by atoms with Crippen molar-refractivity contribution < 1.29 is 4.74 Å². The van der Waals surface area contributed by atoms with Crippen molar-refractivity contribution in [2.45, 2.75) is 26.9 Å². The van der Waals surface area contributed by atoms with Crippen LogP contribution in [0.15, 0.2) is 34.2 Å². The molecule has 0 spiro atoms. The third kappa shape index (κ3) is 4.41. The van der Waals surface area contributed by atoms with Crippen molar-refractivity contribution in [3.63, 3.8) is 0 Å². The second-order valence-corrected chi connectivity index (χ2v) is 4.70. The van der Waals surface area contributed by atoms with Crippen LogP contribution in [0.2, 0.25) is 0 Å². The van der Waals surface area contributed by atoms with E-state index < -0.39 is 0 Å². The summed E-state index contributed by atoms with van der Waals surface area (Å²) < 4.78 is 5.60. The summed E-state index contributed by atoms with van der Waals surface area (Å²) in [6, 6.07) is 7.52. The molecule has 0 aliphatic rings. The van der Waals surface area contributed by atoms with Crippen LogP contribution in [-0.2, 0) is 0 Å². The highest BCUT2D eigenvalue weighted by atomic mass is 16.5. The fourth-order valence-electron chi connectivity index (χ4n) is 1.55. The molecule has 1 heterocycles. The van der Waals surface area contributed by atoms with Gasteiger partial charge in [0.05, 0.1) is 12.3 Å². The Morgan fingerprint density at radius 3 is 2.90 bits per heavy atom. The summed E-state index contributed by atoms with van der Waals surface area (Å²) in [4.78, 5) is 13.9. The molecule has 0 radical (unpaired) electrons. The lowest BCUT2D eigenvalue weighted by atomic mass is 10.2. The average molecular weight is 287 g/mol. The highest BCUT2D eigenvalue weighted by molar-refractivity contribution is 5.80. The lowest BCUT2D eigenvalue weighted by Crippen LogP contribution is -2.15. The smallest absolute Gasteiger partial charge is 0.274 e. The first-order valence-corrected chi connectivity index (χ1v) is 6.54. The van der Waals surface area contributed by atoms with Gasteiger partial charge in [0.2, 0.25) is 5.95 Å². The fraction of sp³-hybridized carbons (Fsp3) is 0.286. The van der Waals surface area contributed by atoms with Gasteiger partial charge in [-0.15, -0.1) is 10.2 Å². The number of benzene rings is 1. The number of hydrogen-bond acceptors (Lipinski definition) is 6. The lowest BCUT2D eigenvalue weighted by Gasteiger charge is -2.09. The van der Waals surface area contributed by atoms with E-state index in [-0.39, 0.29) is 17.6 Å². The van der Waals surface area contributed by atoms with Gasteiger partial charge in [-0.1, -0.05) is 12.1 Å². The Labute approximate surface area is 122 Å². The Hall–Kier alpha value is -2.70. The summed E-state index contributed by atoms with van der Waals surface area (Å²) in [5.41, 5.74) is 3.50. The van der Waals surface area contributed by atoms with Gasteiger partial charge in [0.25, 0.3) is 5.56 Å². The average Bonchev–Trinajstić information content (AvgIpc) is 2.42. The molecule has 0 amide bonds. The predicted molar refractivity (Wildman–Crippen MR) is 80.8 cm³/mol. The van der Waals surface area contributed by atoms with Crippen LogP contribution in [0.5, 0.6) is 5.75 Å².